The molecule has 0 spiro atoms. The van der Waals surface area contributed by atoms with Crippen molar-refractivity contribution in [2.45, 2.75) is 20.4 Å². The molecule has 3 aromatic rings. The fourth-order valence-electron chi connectivity index (χ4n) is 2.83. The van der Waals surface area contributed by atoms with E-state index in [2.05, 4.69) is 5.32 Å². The van der Waals surface area contributed by atoms with Crippen LogP contribution < -0.4 is 10.1 Å². The lowest BCUT2D eigenvalue weighted by molar-refractivity contribution is -0.133. The van der Waals surface area contributed by atoms with Gasteiger partial charge in [-0.25, -0.2) is 0 Å². The molecule has 0 aliphatic rings. The van der Waals surface area contributed by atoms with Crippen molar-refractivity contribution in [2.24, 2.45) is 0 Å². The minimum absolute atomic E-state index is 0.0388. The van der Waals surface area contributed by atoms with E-state index in [-0.39, 0.29) is 18.4 Å². The van der Waals surface area contributed by atoms with Gasteiger partial charge < -0.3 is 15.0 Å². The molecule has 3 aromatic carbocycles. The lowest BCUT2D eigenvalue weighted by atomic mass is 10.1. The van der Waals surface area contributed by atoms with Crippen molar-refractivity contribution in [1.82, 2.24) is 4.90 Å². The van der Waals surface area contributed by atoms with Crippen LogP contribution in [0.15, 0.2) is 78.9 Å². The fourth-order valence-corrected chi connectivity index (χ4v) is 2.83. The lowest BCUT2D eigenvalue weighted by Gasteiger charge is -2.21. The van der Waals surface area contributed by atoms with Crippen LogP contribution in [0.25, 0.3) is 0 Å². The molecule has 5 heteroatoms. The summed E-state index contributed by atoms with van der Waals surface area (Å²) in [5, 5.41) is 2.85. The molecule has 29 heavy (non-hydrogen) atoms. The Kier molecular flexibility index (Phi) is 6.63. The number of hydrogen-bond acceptors (Lipinski definition) is 3. The highest BCUT2D eigenvalue weighted by Crippen LogP contribution is 2.29. The second-order valence-corrected chi connectivity index (χ2v) is 6.82. The topological polar surface area (TPSA) is 58.6 Å². The Balaban J connectivity index is 1.67. The zero-order chi connectivity index (χ0) is 20.6. The Morgan fingerprint density at radius 2 is 1.55 bits per heavy atom. The van der Waals surface area contributed by atoms with E-state index in [9.17, 15) is 9.59 Å². The molecule has 1 N–H and O–H groups in total. The van der Waals surface area contributed by atoms with E-state index in [4.69, 9.17) is 4.74 Å². The standard InChI is InChI=1S/C24H24N2O3/c1-18-12-14-20(15-13-18)16-26(19(2)27)17-24(28)25-22-10-6-7-11-23(22)29-21-8-4-3-5-9-21/h3-15H,16-17H2,1-2H3,(H,25,28). The number of amides is 2. The monoisotopic (exact) mass is 388 g/mol. The van der Waals surface area contributed by atoms with E-state index < -0.39 is 0 Å². The average Bonchev–Trinajstić information content (AvgIpc) is 2.71. The van der Waals surface area contributed by atoms with Gasteiger partial charge in [0.2, 0.25) is 11.8 Å². The third-order valence-corrected chi connectivity index (χ3v) is 4.41. The molecule has 0 aliphatic heterocycles. The van der Waals surface area contributed by atoms with E-state index >= 15 is 0 Å². The van der Waals surface area contributed by atoms with Crippen LogP contribution in [0.2, 0.25) is 0 Å². The molecule has 0 saturated heterocycles. The molecule has 5 nitrogen and oxygen atoms in total. The lowest BCUT2D eigenvalue weighted by Crippen LogP contribution is -2.36. The molecule has 0 aromatic heterocycles. The number of anilines is 1. The van der Waals surface area contributed by atoms with E-state index in [1.807, 2.05) is 73.7 Å². The normalized spacial score (nSPS) is 10.3. The van der Waals surface area contributed by atoms with Gasteiger partial charge in [-0.05, 0) is 36.8 Å². The highest BCUT2D eigenvalue weighted by molar-refractivity contribution is 5.95. The van der Waals surface area contributed by atoms with Crippen LogP contribution in [0.4, 0.5) is 5.69 Å². The van der Waals surface area contributed by atoms with Crippen molar-refractivity contribution in [2.75, 3.05) is 11.9 Å². The first-order valence-electron chi connectivity index (χ1n) is 9.44. The first-order valence-corrected chi connectivity index (χ1v) is 9.44. The average molecular weight is 388 g/mol. The van der Waals surface area contributed by atoms with Crippen LogP contribution in [0.5, 0.6) is 11.5 Å². The van der Waals surface area contributed by atoms with Gasteiger partial charge in [-0.2, -0.15) is 0 Å². The number of nitrogens with one attached hydrogen (secondary N) is 1. The van der Waals surface area contributed by atoms with Gasteiger partial charge in [0.1, 0.15) is 12.3 Å². The molecular weight excluding hydrogens is 364 g/mol. The zero-order valence-electron chi connectivity index (χ0n) is 16.6. The first-order chi connectivity index (χ1) is 14.0. The molecule has 0 aliphatic carbocycles. The summed E-state index contributed by atoms with van der Waals surface area (Å²) in [4.78, 5) is 26.2. The molecule has 0 heterocycles. The van der Waals surface area contributed by atoms with Crippen LogP contribution in [-0.4, -0.2) is 23.3 Å². The smallest absolute Gasteiger partial charge is 0.244 e. The summed E-state index contributed by atoms with van der Waals surface area (Å²) in [6, 6.07) is 24.5. The van der Waals surface area contributed by atoms with Crippen LogP contribution in [-0.2, 0) is 16.1 Å². The largest absolute Gasteiger partial charge is 0.455 e. The van der Waals surface area contributed by atoms with Gasteiger partial charge in [-0.1, -0.05) is 60.2 Å². The van der Waals surface area contributed by atoms with Crippen LogP contribution in [0.3, 0.4) is 0 Å². The Morgan fingerprint density at radius 1 is 0.897 bits per heavy atom. The predicted octanol–water partition coefficient (Wildman–Crippen LogP) is 4.77. The number of rotatable bonds is 7. The Bertz CT molecular complexity index is 969. The third-order valence-electron chi connectivity index (χ3n) is 4.41. The summed E-state index contributed by atoms with van der Waals surface area (Å²) in [5.41, 5.74) is 2.68. The minimum atomic E-state index is -0.281. The quantitative estimate of drug-likeness (QED) is 0.634. The second kappa shape index (κ2) is 9.55. The highest BCUT2D eigenvalue weighted by atomic mass is 16.5. The van der Waals surface area contributed by atoms with E-state index in [0.717, 1.165) is 11.1 Å². The molecule has 3 rings (SSSR count). The molecule has 0 bridgehead atoms. The van der Waals surface area contributed by atoms with Gasteiger partial charge in [-0.3, -0.25) is 9.59 Å². The zero-order valence-corrected chi connectivity index (χ0v) is 16.6. The summed E-state index contributed by atoms with van der Waals surface area (Å²) < 4.78 is 5.87. The number of para-hydroxylation sites is 3. The number of hydrogen-bond donors (Lipinski definition) is 1. The Labute approximate surface area is 170 Å². The molecule has 2 amide bonds. The Morgan fingerprint density at radius 3 is 2.24 bits per heavy atom. The van der Waals surface area contributed by atoms with Crippen molar-refractivity contribution in [3.63, 3.8) is 0 Å². The van der Waals surface area contributed by atoms with Crippen molar-refractivity contribution in [3.05, 3.63) is 90.0 Å². The number of aryl methyl sites for hydroxylation is 1. The molecule has 148 valence electrons. The maximum absolute atomic E-state index is 12.6. The second-order valence-electron chi connectivity index (χ2n) is 6.82. The molecular formula is C24H24N2O3. The van der Waals surface area contributed by atoms with Crippen LogP contribution in [0.1, 0.15) is 18.1 Å². The Hall–Kier alpha value is -3.60. The van der Waals surface area contributed by atoms with Crippen molar-refractivity contribution < 1.29 is 14.3 Å². The van der Waals surface area contributed by atoms with Crippen LogP contribution >= 0.6 is 0 Å². The number of carbonyl (C=O) groups excluding carboxylic acids is 2. The van der Waals surface area contributed by atoms with Gasteiger partial charge >= 0.3 is 0 Å². The van der Waals surface area contributed by atoms with E-state index in [1.165, 1.54) is 11.8 Å². The first kappa shape index (κ1) is 20.1. The van der Waals surface area contributed by atoms with Gasteiger partial charge in [0.15, 0.2) is 5.75 Å². The van der Waals surface area contributed by atoms with Gasteiger partial charge in [0.05, 0.1) is 5.69 Å². The van der Waals surface area contributed by atoms with Crippen molar-refractivity contribution in [1.29, 1.82) is 0 Å². The van der Waals surface area contributed by atoms with Crippen LogP contribution in [0, 0.1) is 6.92 Å². The molecule has 0 radical (unpaired) electrons. The molecule has 0 atom stereocenters. The van der Waals surface area contributed by atoms with E-state index in [1.54, 1.807) is 12.1 Å². The fraction of sp³-hybridized carbons (Fsp3) is 0.167. The maximum Gasteiger partial charge on any atom is 0.244 e. The third kappa shape index (κ3) is 5.94. The van der Waals surface area contributed by atoms with Gasteiger partial charge in [0.25, 0.3) is 0 Å². The predicted molar refractivity (Wildman–Crippen MR) is 114 cm³/mol. The van der Waals surface area contributed by atoms with Gasteiger partial charge in [0, 0.05) is 13.5 Å². The minimum Gasteiger partial charge on any atom is -0.455 e. The number of ether oxygens (including phenoxy) is 1. The van der Waals surface area contributed by atoms with E-state index in [0.29, 0.717) is 23.7 Å². The SMILES string of the molecule is CC(=O)N(CC(=O)Nc1ccccc1Oc1ccccc1)Cc1ccc(C)cc1. The summed E-state index contributed by atoms with van der Waals surface area (Å²) in [6.07, 6.45) is 0. The highest BCUT2D eigenvalue weighted by Gasteiger charge is 2.16. The maximum atomic E-state index is 12.6. The van der Waals surface area contributed by atoms with Crippen molar-refractivity contribution in [3.8, 4) is 11.5 Å². The summed E-state index contributed by atoms with van der Waals surface area (Å²) in [7, 11) is 0. The summed E-state index contributed by atoms with van der Waals surface area (Å²) >= 11 is 0. The molecule has 0 fully saturated rings. The summed E-state index contributed by atoms with van der Waals surface area (Å²) in [6.45, 7) is 3.82. The number of benzene rings is 3. The number of carbonyl (C=O) groups is 2. The summed E-state index contributed by atoms with van der Waals surface area (Å²) in [5.74, 6) is 0.782. The molecule has 0 unspecified atom stereocenters. The van der Waals surface area contributed by atoms with Gasteiger partial charge in [-0.15, -0.1) is 0 Å². The van der Waals surface area contributed by atoms with Crippen molar-refractivity contribution >= 4 is 17.5 Å². The number of nitrogens with zero attached hydrogens (tertiary/aromatic N) is 1. The molecule has 0 saturated carbocycles.